The molecule has 0 aliphatic carbocycles. The lowest BCUT2D eigenvalue weighted by Crippen LogP contribution is -2.27. The van der Waals surface area contributed by atoms with Crippen molar-refractivity contribution < 1.29 is 4.79 Å². The molecule has 0 saturated carbocycles. The minimum absolute atomic E-state index is 0.515. The molecule has 320 valence electrons. The van der Waals surface area contributed by atoms with Gasteiger partial charge in [-0.3, -0.25) is 4.79 Å². The number of carbonyl (C=O) groups is 1. The second-order valence-electron chi connectivity index (χ2n) is 17.8. The summed E-state index contributed by atoms with van der Waals surface area (Å²) in [4.78, 5) is 15.6. The van der Waals surface area contributed by atoms with E-state index < -0.39 is 0 Å². The van der Waals surface area contributed by atoms with Gasteiger partial charge in [0.1, 0.15) is 5.78 Å². The molecule has 0 N–H and O–H groups in total. The van der Waals surface area contributed by atoms with Crippen LogP contribution in [0.4, 0.5) is 0 Å². The normalized spacial score (nSPS) is 13.0. The summed E-state index contributed by atoms with van der Waals surface area (Å²) in [5.74, 6) is 2.10. The Morgan fingerprint density at radius 3 is 1.43 bits per heavy atom. The Morgan fingerprint density at radius 1 is 0.463 bits per heavy atom. The van der Waals surface area contributed by atoms with Crippen molar-refractivity contribution in [3.63, 3.8) is 0 Å². The summed E-state index contributed by atoms with van der Waals surface area (Å²) in [7, 11) is 0. The summed E-state index contributed by atoms with van der Waals surface area (Å²) in [5, 5.41) is 0. The number of Topliss-reactive ketones (excluding diaryl/α,β-unsaturated/α-hetero) is 1. The zero-order chi connectivity index (χ0) is 39.4. The number of unbranched alkanes of at least 4 members (excludes halogenated alkanes) is 25. The molecule has 2 heteroatoms. The second-order valence-corrected chi connectivity index (χ2v) is 17.8. The molecule has 0 aromatic rings. The van der Waals surface area contributed by atoms with Gasteiger partial charge >= 0.3 is 0 Å². The third kappa shape index (κ3) is 40.8. The van der Waals surface area contributed by atoms with Crippen molar-refractivity contribution in [1.29, 1.82) is 0 Å². The van der Waals surface area contributed by atoms with Gasteiger partial charge in [-0.25, -0.2) is 0 Å². The first-order valence-electron chi connectivity index (χ1n) is 25.1. The topological polar surface area (TPSA) is 20.3 Å². The maximum Gasteiger partial charge on any atom is 0.132 e. The average molecular weight is 756 g/mol. The molecular weight excluding hydrogens is 655 g/mol. The minimum Gasteiger partial charge on any atom is -0.303 e. The molecule has 0 heterocycles. The number of hydrogen-bond donors (Lipinski definition) is 0. The van der Waals surface area contributed by atoms with Crippen LogP contribution in [-0.4, -0.2) is 30.3 Å². The van der Waals surface area contributed by atoms with Gasteiger partial charge in [-0.05, 0) is 76.3 Å². The van der Waals surface area contributed by atoms with Gasteiger partial charge in [-0.1, -0.05) is 226 Å². The first-order chi connectivity index (χ1) is 26.6. The molecule has 0 saturated heterocycles. The van der Waals surface area contributed by atoms with Crippen LogP contribution in [0.3, 0.4) is 0 Å². The van der Waals surface area contributed by atoms with Crippen LogP contribution in [0.1, 0.15) is 272 Å². The lowest BCUT2D eigenvalue weighted by Gasteiger charge is -2.22. The Kier molecular flexibility index (Phi) is 44.1. The van der Waals surface area contributed by atoms with Crippen LogP contribution >= 0.6 is 0 Å². The quantitative estimate of drug-likeness (QED) is 0.0455. The van der Waals surface area contributed by atoms with E-state index in [4.69, 9.17) is 0 Å². The van der Waals surface area contributed by atoms with Crippen molar-refractivity contribution in [2.75, 3.05) is 19.6 Å². The first kappa shape index (κ1) is 53.1. The Bertz CT molecular complexity index is 772. The van der Waals surface area contributed by atoms with Gasteiger partial charge in [0.05, 0.1) is 0 Å². The van der Waals surface area contributed by atoms with Gasteiger partial charge in [-0.2, -0.15) is 0 Å². The van der Waals surface area contributed by atoms with Gasteiger partial charge in [0, 0.05) is 19.4 Å². The van der Waals surface area contributed by atoms with E-state index >= 15 is 0 Å². The van der Waals surface area contributed by atoms with E-state index in [0.717, 1.165) is 44.6 Å². The van der Waals surface area contributed by atoms with Crippen molar-refractivity contribution in [2.24, 2.45) is 11.8 Å². The summed E-state index contributed by atoms with van der Waals surface area (Å²) >= 11 is 0. The predicted molar refractivity (Wildman–Crippen MR) is 246 cm³/mol. The molecule has 2 unspecified atom stereocenters. The number of nitrogens with zero attached hydrogens (tertiary/aromatic N) is 1. The third-order valence-corrected chi connectivity index (χ3v) is 12.2. The van der Waals surface area contributed by atoms with E-state index in [1.54, 1.807) is 0 Å². The van der Waals surface area contributed by atoms with E-state index in [-0.39, 0.29) is 0 Å². The van der Waals surface area contributed by atoms with Gasteiger partial charge in [0.15, 0.2) is 0 Å². The second kappa shape index (κ2) is 44.8. The first-order valence-corrected chi connectivity index (χ1v) is 25.1. The van der Waals surface area contributed by atoms with Crippen molar-refractivity contribution in [3.05, 3.63) is 24.8 Å². The molecule has 0 amide bonds. The van der Waals surface area contributed by atoms with Crippen LogP contribution in [0.5, 0.6) is 0 Å². The van der Waals surface area contributed by atoms with Crippen molar-refractivity contribution in [3.8, 4) is 0 Å². The molecule has 2 nitrogen and oxygen atoms in total. The fourth-order valence-electron chi connectivity index (χ4n) is 8.28. The Labute approximate surface area is 342 Å². The van der Waals surface area contributed by atoms with Crippen LogP contribution in [-0.2, 0) is 4.79 Å². The lowest BCUT2D eigenvalue weighted by molar-refractivity contribution is -0.119. The molecule has 0 aromatic heterocycles. The van der Waals surface area contributed by atoms with Crippen molar-refractivity contribution in [1.82, 2.24) is 4.90 Å². The average Bonchev–Trinajstić information content (AvgIpc) is 3.17. The number of hydrogen-bond acceptors (Lipinski definition) is 2. The van der Waals surface area contributed by atoms with Crippen LogP contribution < -0.4 is 0 Å². The fraction of sp³-hybridized carbons (Fsp3) is 0.904. The van der Waals surface area contributed by atoms with Gasteiger partial charge in [0.2, 0.25) is 0 Å². The lowest BCUT2D eigenvalue weighted by atomic mass is 9.91. The summed E-state index contributed by atoms with van der Waals surface area (Å²) < 4.78 is 0. The predicted octanol–water partition coefficient (Wildman–Crippen LogP) is 17.7. The zero-order valence-electron chi connectivity index (χ0n) is 37.9. The van der Waals surface area contributed by atoms with E-state index in [1.807, 2.05) is 0 Å². The molecule has 0 spiro atoms. The standard InChI is InChI=1S/C52H101NO/c1-6-10-14-17-20-23-24-25-28-33-40-50(5)41-34-31-38-48-53(47-13-9-4)49-39-32-37-44-52(54)46-45-51(42-35-29-26-21-18-15-11-7-2)43-36-30-27-22-19-16-12-8-3/h9,29,35,50-51H,4,6-8,10-28,30-34,36-49H2,1-3,5H3/b35-29+. The number of carbonyl (C=O) groups excluding carboxylic acids is 1. The van der Waals surface area contributed by atoms with Crippen LogP contribution in [0.15, 0.2) is 24.8 Å². The zero-order valence-corrected chi connectivity index (χ0v) is 37.9. The molecule has 2 atom stereocenters. The Balaban J connectivity index is 4.21. The SMILES string of the molecule is C=CCCN(CCCCCC(=O)CCC(C/C=C/CCCCCCC)CCCCCCCCCC)CCCCCC(C)CCCCCCCCCCCC. The third-order valence-electron chi connectivity index (χ3n) is 12.2. The van der Waals surface area contributed by atoms with E-state index in [1.165, 1.54) is 225 Å². The summed E-state index contributed by atoms with van der Waals surface area (Å²) in [6.45, 7) is 16.9. The van der Waals surface area contributed by atoms with E-state index in [0.29, 0.717) is 11.7 Å². The minimum atomic E-state index is 0.515. The van der Waals surface area contributed by atoms with Crippen LogP contribution in [0.2, 0.25) is 0 Å². The largest absolute Gasteiger partial charge is 0.303 e. The highest BCUT2D eigenvalue weighted by molar-refractivity contribution is 5.78. The monoisotopic (exact) mass is 756 g/mol. The molecule has 0 aliphatic heterocycles. The number of ketones is 1. The van der Waals surface area contributed by atoms with E-state index in [9.17, 15) is 4.79 Å². The molecule has 0 fully saturated rings. The summed E-state index contributed by atoms with van der Waals surface area (Å²) in [5.41, 5.74) is 0. The molecule has 0 aliphatic rings. The molecule has 54 heavy (non-hydrogen) atoms. The van der Waals surface area contributed by atoms with Crippen LogP contribution in [0.25, 0.3) is 0 Å². The smallest absolute Gasteiger partial charge is 0.132 e. The van der Waals surface area contributed by atoms with Crippen molar-refractivity contribution >= 4 is 5.78 Å². The maximum atomic E-state index is 12.9. The van der Waals surface area contributed by atoms with E-state index in [2.05, 4.69) is 57.4 Å². The molecule has 0 rings (SSSR count). The van der Waals surface area contributed by atoms with Crippen molar-refractivity contribution in [2.45, 2.75) is 272 Å². The molecule has 0 radical (unpaired) electrons. The summed E-state index contributed by atoms with van der Waals surface area (Å²) in [6, 6.07) is 0. The van der Waals surface area contributed by atoms with Gasteiger partial charge in [-0.15, -0.1) is 6.58 Å². The van der Waals surface area contributed by atoms with Gasteiger partial charge < -0.3 is 4.90 Å². The Morgan fingerprint density at radius 2 is 0.907 bits per heavy atom. The van der Waals surface area contributed by atoms with Crippen LogP contribution in [0, 0.1) is 11.8 Å². The molecule has 0 bridgehead atoms. The summed E-state index contributed by atoms with van der Waals surface area (Å²) in [6.07, 6.45) is 57.2. The fourth-order valence-corrected chi connectivity index (χ4v) is 8.28. The highest BCUT2D eigenvalue weighted by Crippen LogP contribution is 2.23. The number of rotatable bonds is 46. The Hall–Kier alpha value is -0.890. The highest BCUT2D eigenvalue weighted by atomic mass is 16.1. The molecule has 0 aromatic carbocycles. The van der Waals surface area contributed by atoms with Gasteiger partial charge in [0.25, 0.3) is 0 Å². The molecular formula is C52H101NO. The number of allylic oxidation sites excluding steroid dienone is 2. The maximum absolute atomic E-state index is 12.9. The highest BCUT2D eigenvalue weighted by Gasteiger charge is 2.11.